The van der Waals surface area contributed by atoms with Crippen LogP contribution < -0.4 is 10.2 Å². The molecule has 28 heavy (non-hydrogen) atoms. The molecule has 1 fully saturated rings. The van der Waals surface area contributed by atoms with Crippen molar-refractivity contribution in [3.8, 4) is 0 Å². The van der Waals surface area contributed by atoms with Crippen molar-refractivity contribution < 1.29 is 4.79 Å². The molecule has 2 aromatic rings. The average Bonchev–Trinajstić information content (AvgIpc) is 3.22. The molecule has 8 heteroatoms. The van der Waals surface area contributed by atoms with Crippen LogP contribution in [0, 0.1) is 0 Å². The summed E-state index contributed by atoms with van der Waals surface area (Å²) in [5.74, 6) is 1.04. The zero-order chi connectivity index (χ0) is 19.3. The third-order valence-electron chi connectivity index (χ3n) is 5.21. The highest BCUT2D eigenvalue weighted by molar-refractivity contribution is 7.99. The molecule has 0 aromatic carbocycles. The topological polar surface area (TPSA) is 51.7 Å². The number of carbonyl (C=O) groups excluding carboxylic acids is 1. The van der Waals surface area contributed by atoms with Crippen molar-refractivity contribution in [2.45, 2.75) is 11.4 Å². The lowest BCUT2D eigenvalue weighted by Gasteiger charge is -2.32. The summed E-state index contributed by atoms with van der Waals surface area (Å²) in [6.07, 6.45) is 2.83. The fraction of sp³-hybridized carbons (Fsp3) is 0.500. The molecule has 1 amide bonds. The highest BCUT2D eigenvalue weighted by atomic mass is 32.2. The maximum atomic E-state index is 12.5. The lowest BCUT2D eigenvalue weighted by atomic mass is 10.3. The molecule has 2 aliphatic rings. The number of anilines is 2. The largest absolute Gasteiger partial charge is 0.351 e. The van der Waals surface area contributed by atoms with Crippen molar-refractivity contribution in [3.63, 3.8) is 0 Å². The van der Waals surface area contributed by atoms with E-state index < -0.39 is 0 Å². The molecule has 0 saturated carbocycles. The van der Waals surface area contributed by atoms with E-state index in [9.17, 15) is 4.79 Å². The number of thioether (sulfide) groups is 1. The molecular weight excluding hydrogens is 390 g/mol. The quantitative estimate of drug-likeness (QED) is 0.730. The number of hydrogen-bond donors (Lipinski definition) is 1. The van der Waals surface area contributed by atoms with Gasteiger partial charge in [0.05, 0.1) is 15.6 Å². The summed E-state index contributed by atoms with van der Waals surface area (Å²) in [6.45, 7) is 7.25. The third kappa shape index (κ3) is 4.68. The van der Waals surface area contributed by atoms with Gasteiger partial charge in [-0.05, 0) is 44.3 Å². The van der Waals surface area contributed by atoms with Crippen LogP contribution in [-0.2, 0) is 0 Å². The van der Waals surface area contributed by atoms with Gasteiger partial charge >= 0.3 is 0 Å². The van der Waals surface area contributed by atoms with Gasteiger partial charge in [-0.2, -0.15) is 0 Å². The van der Waals surface area contributed by atoms with E-state index in [1.165, 1.54) is 0 Å². The molecule has 4 rings (SSSR count). The van der Waals surface area contributed by atoms with Gasteiger partial charge in [0.25, 0.3) is 5.91 Å². The summed E-state index contributed by atoms with van der Waals surface area (Å²) in [5.41, 5.74) is 1.14. The standard InChI is InChI=1S/C20H27N5OS2/c1-23-10-12-24(13-11-23)9-3-8-21-19(26)17-5-6-18(28-17)25-14-15-27-20-16(25)4-2-7-22-20/h2,4-7H,3,8-15H2,1H3,(H,21,26). The Morgan fingerprint density at radius 1 is 1.18 bits per heavy atom. The van der Waals surface area contributed by atoms with Crippen molar-refractivity contribution in [1.29, 1.82) is 0 Å². The van der Waals surface area contributed by atoms with Crippen molar-refractivity contribution in [2.24, 2.45) is 0 Å². The molecule has 0 bridgehead atoms. The number of nitrogens with zero attached hydrogens (tertiary/aromatic N) is 4. The monoisotopic (exact) mass is 417 g/mol. The van der Waals surface area contributed by atoms with Crippen molar-refractivity contribution in [2.75, 3.05) is 63.5 Å². The number of likely N-dealkylation sites (N-methyl/N-ethyl adjacent to an activating group) is 1. The number of hydrogen-bond acceptors (Lipinski definition) is 7. The molecule has 0 aliphatic carbocycles. The molecular formula is C20H27N5OS2. The molecule has 0 radical (unpaired) electrons. The number of aromatic nitrogens is 1. The Bertz CT molecular complexity index is 803. The van der Waals surface area contributed by atoms with Gasteiger partial charge in [-0.1, -0.05) is 0 Å². The first-order chi connectivity index (χ1) is 13.7. The first kappa shape index (κ1) is 19.7. The number of carbonyl (C=O) groups is 1. The minimum atomic E-state index is 0.0347. The lowest BCUT2D eigenvalue weighted by molar-refractivity contribution is 0.0953. The zero-order valence-corrected chi connectivity index (χ0v) is 17.9. The van der Waals surface area contributed by atoms with E-state index in [1.807, 2.05) is 18.3 Å². The van der Waals surface area contributed by atoms with E-state index >= 15 is 0 Å². The predicted octanol–water partition coefficient (Wildman–Crippen LogP) is 2.75. The van der Waals surface area contributed by atoms with E-state index in [0.29, 0.717) is 0 Å². The van der Waals surface area contributed by atoms with Crippen LogP contribution in [0.2, 0.25) is 0 Å². The second-order valence-electron chi connectivity index (χ2n) is 7.22. The van der Waals surface area contributed by atoms with E-state index in [2.05, 4.69) is 44.2 Å². The molecule has 0 atom stereocenters. The van der Waals surface area contributed by atoms with Crippen molar-refractivity contribution in [1.82, 2.24) is 20.1 Å². The number of amides is 1. The molecule has 2 aromatic heterocycles. The smallest absolute Gasteiger partial charge is 0.261 e. The maximum Gasteiger partial charge on any atom is 0.261 e. The number of fused-ring (bicyclic) bond motifs is 1. The molecule has 0 unspecified atom stereocenters. The highest BCUT2D eigenvalue weighted by Gasteiger charge is 2.21. The lowest BCUT2D eigenvalue weighted by Crippen LogP contribution is -2.45. The molecule has 4 heterocycles. The SMILES string of the molecule is CN1CCN(CCCNC(=O)c2ccc(N3CCSc4ncccc43)s2)CC1. The Labute approximate surface area is 174 Å². The number of thiophene rings is 1. The summed E-state index contributed by atoms with van der Waals surface area (Å²) in [7, 11) is 2.17. The fourth-order valence-corrected chi connectivity index (χ4v) is 5.43. The second-order valence-corrected chi connectivity index (χ2v) is 9.37. The van der Waals surface area contributed by atoms with Gasteiger partial charge in [-0.15, -0.1) is 23.1 Å². The third-order valence-corrected chi connectivity index (χ3v) is 7.29. The number of nitrogens with one attached hydrogen (secondary N) is 1. The van der Waals surface area contributed by atoms with E-state index in [0.717, 1.165) is 78.6 Å². The molecule has 150 valence electrons. The Hall–Kier alpha value is -1.61. The van der Waals surface area contributed by atoms with Crippen LogP contribution in [0.15, 0.2) is 35.5 Å². The summed E-state index contributed by atoms with van der Waals surface area (Å²) >= 11 is 3.35. The predicted molar refractivity (Wildman–Crippen MR) is 117 cm³/mol. The second kappa shape index (κ2) is 9.26. The Morgan fingerprint density at radius 2 is 2.04 bits per heavy atom. The van der Waals surface area contributed by atoms with Crippen LogP contribution in [0.25, 0.3) is 0 Å². The van der Waals surface area contributed by atoms with Gasteiger partial charge in [0.2, 0.25) is 0 Å². The number of pyridine rings is 1. The van der Waals surface area contributed by atoms with Gasteiger partial charge in [0.15, 0.2) is 0 Å². The van der Waals surface area contributed by atoms with Crippen LogP contribution in [0.5, 0.6) is 0 Å². The fourth-order valence-electron chi connectivity index (χ4n) is 3.54. The normalized spacial score (nSPS) is 18.1. The first-order valence-electron chi connectivity index (χ1n) is 9.85. The summed E-state index contributed by atoms with van der Waals surface area (Å²) in [4.78, 5) is 24.9. The van der Waals surface area contributed by atoms with Crippen molar-refractivity contribution >= 4 is 39.7 Å². The van der Waals surface area contributed by atoms with Crippen LogP contribution in [0.1, 0.15) is 16.1 Å². The van der Waals surface area contributed by atoms with Crippen molar-refractivity contribution in [3.05, 3.63) is 35.3 Å². The van der Waals surface area contributed by atoms with Gasteiger partial charge < -0.3 is 20.0 Å². The summed E-state index contributed by atoms with van der Waals surface area (Å²) < 4.78 is 0. The van der Waals surface area contributed by atoms with Gasteiger partial charge in [0, 0.05) is 51.2 Å². The first-order valence-corrected chi connectivity index (χ1v) is 11.7. The molecule has 0 spiro atoms. The number of piperazine rings is 1. The van der Waals surface area contributed by atoms with E-state index in [1.54, 1.807) is 23.1 Å². The molecule has 6 nitrogen and oxygen atoms in total. The molecule has 1 N–H and O–H groups in total. The van der Waals surface area contributed by atoms with Crippen LogP contribution in [-0.4, -0.2) is 79.3 Å². The summed E-state index contributed by atoms with van der Waals surface area (Å²) in [6, 6.07) is 8.07. The van der Waals surface area contributed by atoms with E-state index in [-0.39, 0.29) is 5.91 Å². The van der Waals surface area contributed by atoms with E-state index in [4.69, 9.17) is 0 Å². The Kier molecular flexibility index (Phi) is 6.51. The van der Waals surface area contributed by atoms with Crippen LogP contribution in [0.3, 0.4) is 0 Å². The Balaban J connectivity index is 1.28. The summed E-state index contributed by atoms with van der Waals surface area (Å²) in [5, 5.41) is 5.26. The highest BCUT2D eigenvalue weighted by Crippen LogP contribution is 2.39. The minimum absolute atomic E-state index is 0.0347. The number of rotatable bonds is 6. The van der Waals surface area contributed by atoms with Crippen LogP contribution >= 0.6 is 23.1 Å². The average molecular weight is 418 g/mol. The van der Waals surface area contributed by atoms with Crippen LogP contribution in [0.4, 0.5) is 10.7 Å². The zero-order valence-electron chi connectivity index (χ0n) is 16.3. The molecule has 1 saturated heterocycles. The van der Waals surface area contributed by atoms with Gasteiger partial charge in [0.1, 0.15) is 5.03 Å². The Morgan fingerprint density at radius 3 is 2.89 bits per heavy atom. The molecule has 2 aliphatic heterocycles. The maximum absolute atomic E-state index is 12.5. The van der Waals surface area contributed by atoms with Gasteiger partial charge in [-0.25, -0.2) is 4.98 Å². The minimum Gasteiger partial charge on any atom is -0.351 e. The van der Waals surface area contributed by atoms with Gasteiger partial charge in [-0.3, -0.25) is 4.79 Å².